The molecule has 7 nitrogen and oxygen atoms in total. The van der Waals surface area contributed by atoms with E-state index in [1.807, 2.05) is 19.9 Å². The zero-order valence-electron chi connectivity index (χ0n) is 19.1. The van der Waals surface area contributed by atoms with Crippen molar-refractivity contribution in [2.75, 3.05) is 13.1 Å². The number of amides is 2. The van der Waals surface area contributed by atoms with Crippen LogP contribution in [0.15, 0.2) is 53.1 Å². The first-order valence-electron chi connectivity index (χ1n) is 11.3. The molecular weight excluding hydrogens is 459 g/mol. The first-order valence-corrected chi connectivity index (χ1v) is 11.7. The number of nitrogens with zero attached hydrogens (tertiary/aromatic N) is 4. The number of carbonyl (C=O) groups excluding carboxylic acids is 2. The van der Waals surface area contributed by atoms with Gasteiger partial charge in [0.25, 0.3) is 5.91 Å². The summed E-state index contributed by atoms with van der Waals surface area (Å²) in [5, 5.41) is 4.64. The van der Waals surface area contributed by atoms with Crippen LogP contribution in [0.3, 0.4) is 0 Å². The van der Waals surface area contributed by atoms with Gasteiger partial charge in [-0.05, 0) is 63.4 Å². The number of halogens is 2. The Balaban J connectivity index is 1.53. The fraction of sp³-hybridized carbons (Fsp3) is 0.360. The van der Waals surface area contributed by atoms with Crippen LogP contribution >= 0.6 is 11.6 Å². The first kappa shape index (κ1) is 23.9. The summed E-state index contributed by atoms with van der Waals surface area (Å²) in [4.78, 5) is 34.1. The van der Waals surface area contributed by atoms with Crippen molar-refractivity contribution in [3.63, 3.8) is 0 Å². The monoisotopic (exact) mass is 484 g/mol. The zero-order chi connectivity index (χ0) is 24.2. The third-order valence-electron chi connectivity index (χ3n) is 5.89. The number of hydrogen-bond donors (Lipinski definition) is 0. The number of likely N-dealkylation sites (tertiary alicyclic amines) is 1. The van der Waals surface area contributed by atoms with E-state index in [2.05, 4.69) is 10.1 Å². The number of piperidine rings is 1. The maximum absolute atomic E-state index is 13.7. The van der Waals surface area contributed by atoms with Gasteiger partial charge in [0.1, 0.15) is 18.4 Å². The lowest BCUT2D eigenvalue weighted by atomic mass is 10.0. The lowest BCUT2D eigenvalue weighted by Gasteiger charge is -2.36. The highest BCUT2D eigenvalue weighted by Gasteiger charge is 2.34. The average molecular weight is 485 g/mol. The summed E-state index contributed by atoms with van der Waals surface area (Å²) in [5.74, 6) is -0.344. The summed E-state index contributed by atoms with van der Waals surface area (Å²) < 4.78 is 19.2. The molecule has 4 rings (SSSR count). The summed E-state index contributed by atoms with van der Waals surface area (Å²) in [6, 6.07) is 12.0. The molecule has 1 aliphatic heterocycles. The van der Waals surface area contributed by atoms with Crippen LogP contribution in [0, 0.1) is 5.82 Å². The smallest absolute Gasteiger partial charge is 0.254 e. The lowest BCUT2D eigenvalue weighted by molar-refractivity contribution is -0.136. The molecule has 0 N–H and O–H groups in total. The Labute approximate surface area is 202 Å². The number of rotatable bonds is 6. The molecule has 2 aromatic carbocycles. The van der Waals surface area contributed by atoms with Crippen LogP contribution in [0.1, 0.15) is 55.4 Å². The fourth-order valence-electron chi connectivity index (χ4n) is 4.11. The quantitative estimate of drug-likeness (QED) is 0.484. The van der Waals surface area contributed by atoms with Crippen LogP contribution < -0.4 is 0 Å². The Bertz CT molecular complexity index is 1180. The van der Waals surface area contributed by atoms with Crippen molar-refractivity contribution in [3.05, 3.63) is 70.8 Å². The van der Waals surface area contributed by atoms with Crippen LogP contribution in [0.2, 0.25) is 5.02 Å². The molecule has 2 amide bonds. The minimum absolute atomic E-state index is 0.126. The van der Waals surface area contributed by atoms with Crippen LogP contribution in [0.4, 0.5) is 4.39 Å². The van der Waals surface area contributed by atoms with Gasteiger partial charge in [0.15, 0.2) is 0 Å². The van der Waals surface area contributed by atoms with Crippen molar-refractivity contribution in [1.82, 2.24) is 19.9 Å². The van der Waals surface area contributed by atoms with Crippen molar-refractivity contribution in [1.29, 1.82) is 0 Å². The Morgan fingerprint density at radius 3 is 2.74 bits per heavy atom. The van der Waals surface area contributed by atoms with Crippen LogP contribution in [-0.2, 0) is 4.79 Å². The van der Waals surface area contributed by atoms with E-state index < -0.39 is 11.7 Å². The highest BCUT2D eigenvalue weighted by atomic mass is 35.5. The molecule has 1 saturated heterocycles. The van der Waals surface area contributed by atoms with Crippen molar-refractivity contribution in [2.45, 2.75) is 45.2 Å². The maximum atomic E-state index is 13.7. The summed E-state index contributed by atoms with van der Waals surface area (Å²) in [6.07, 6.45) is 2.44. The molecule has 1 aromatic heterocycles. The highest BCUT2D eigenvalue weighted by molar-refractivity contribution is 6.30. The van der Waals surface area contributed by atoms with E-state index in [1.165, 1.54) is 23.1 Å². The lowest BCUT2D eigenvalue weighted by Crippen LogP contribution is -2.48. The minimum Gasteiger partial charge on any atom is -0.337 e. The average Bonchev–Trinajstić information content (AvgIpc) is 3.32. The van der Waals surface area contributed by atoms with Gasteiger partial charge in [-0.3, -0.25) is 9.59 Å². The Kier molecular flexibility index (Phi) is 7.26. The van der Waals surface area contributed by atoms with Crippen molar-refractivity contribution < 1.29 is 18.5 Å². The van der Waals surface area contributed by atoms with E-state index in [0.29, 0.717) is 29.7 Å². The normalized spacial score (nSPS) is 16.0. The molecule has 1 fully saturated rings. The topological polar surface area (TPSA) is 79.5 Å². The molecule has 34 heavy (non-hydrogen) atoms. The van der Waals surface area contributed by atoms with E-state index >= 15 is 0 Å². The number of aromatic nitrogens is 2. The SMILES string of the molecule is CC(C)N(CC(=O)N1CCCCC1c1nc(-c2cccc(Cl)c2)no1)C(=O)c1cccc(F)c1. The Morgan fingerprint density at radius 1 is 1.21 bits per heavy atom. The molecule has 1 aliphatic rings. The van der Waals surface area contributed by atoms with Gasteiger partial charge >= 0.3 is 0 Å². The van der Waals surface area contributed by atoms with Gasteiger partial charge in [0, 0.05) is 28.7 Å². The van der Waals surface area contributed by atoms with E-state index in [0.717, 1.165) is 18.4 Å². The molecule has 0 aliphatic carbocycles. The number of carbonyl (C=O) groups is 2. The number of benzene rings is 2. The van der Waals surface area contributed by atoms with Crippen molar-refractivity contribution >= 4 is 23.4 Å². The zero-order valence-corrected chi connectivity index (χ0v) is 19.8. The van der Waals surface area contributed by atoms with E-state index in [9.17, 15) is 14.0 Å². The second-order valence-electron chi connectivity index (χ2n) is 8.60. The fourth-order valence-corrected chi connectivity index (χ4v) is 4.31. The summed E-state index contributed by atoms with van der Waals surface area (Å²) in [7, 11) is 0. The molecular formula is C25H26ClFN4O3. The molecule has 1 atom stereocenters. The van der Waals surface area contributed by atoms with E-state index in [1.54, 1.807) is 29.2 Å². The molecule has 3 aromatic rings. The molecule has 0 radical (unpaired) electrons. The van der Waals surface area contributed by atoms with Crippen LogP contribution in [0.5, 0.6) is 0 Å². The molecule has 0 bridgehead atoms. The summed E-state index contributed by atoms with van der Waals surface area (Å²) >= 11 is 6.08. The molecule has 1 unspecified atom stereocenters. The van der Waals surface area contributed by atoms with E-state index in [4.69, 9.17) is 16.1 Å². The maximum Gasteiger partial charge on any atom is 0.254 e. The van der Waals surface area contributed by atoms with Gasteiger partial charge in [-0.25, -0.2) is 4.39 Å². The molecule has 0 spiro atoms. The van der Waals surface area contributed by atoms with E-state index in [-0.39, 0.29) is 30.1 Å². The molecule has 0 saturated carbocycles. The van der Waals surface area contributed by atoms with Crippen molar-refractivity contribution in [2.24, 2.45) is 0 Å². The van der Waals surface area contributed by atoms with Gasteiger partial charge in [0.05, 0.1) is 0 Å². The van der Waals surface area contributed by atoms with Gasteiger partial charge in [-0.15, -0.1) is 0 Å². The van der Waals surface area contributed by atoms with Crippen molar-refractivity contribution in [3.8, 4) is 11.4 Å². The molecule has 2 heterocycles. The standard InChI is InChI=1S/C25H26ClFN4O3/c1-16(2)31(25(33)18-8-6-10-20(27)14-18)15-22(32)30-12-4-3-11-21(30)24-28-23(29-34-24)17-7-5-9-19(26)13-17/h5-10,13-14,16,21H,3-4,11-12,15H2,1-2H3. The van der Waals surface area contributed by atoms with Crippen LogP contribution in [-0.4, -0.2) is 50.9 Å². The largest absolute Gasteiger partial charge is 0.337 e. The Hall–Kier alpha value is -3.26. The minimum atomic E-state index is -0.496. The predicted molar refractivity (Wildman–Crippen MR) is 126 cm³/mol. The second-order valence-corrected chi connectivity index (χ2v) is 9.04. The molecule has 9 heteroatoms. The second kappa shape index (κ2) is 10.3. The highest BCUT2D eigenvalue weighted by Crippen LogP contribution is 2.32. The van der Waals surface area contributed by atoms with Gasteiger partial charge in [0.2, 0.25) is 17.6 Å². The Morgan fingerprint density at radius 2 is 2.00 bits per heavy atom. The third kappa shape index (κ3) is 5.28. The third-order valence-corrected chi connectivity index (χ3v) is 6.13. The van der Waals surface area contributed by atoms with Gasteiger partial charge < -0.3 is 14.3 Å². The summed E-state index contributed by atoms with van der Waals surface area (Å²) in [5.41, 5.74) is 0.933. The predicted octanol–water partition coefficient (Wildman–Crippen LogP) is 5.13. The molecule has 178 valence electrons. The first-order chi connectivity index (χ1) is 16.3. The van der Waals surface area contributed by atoms with Gasteiger partial charge in [-0.1, -0.05) is 35.0 Å². The van der Waals surface area contributed by atoms with Gasteiger partial charge in [-0.2, -0.15) is 4.98 Å². The number of hydrogen-bond acceptors (Lipinski definition) is 5. The van der Waals surface area contributed by atoms with Crippen LogP contribution in [0.25, 0.3) is 11.4 Å². The summed E-state index contributed by atoms with van der Waals surface area (Å²) in [6.45, 7) is 4.05.